The molecule has 0 fully saturated rings. The van der Waals surface area contributed by atoms with E-state index in [9.17, 15) is 0 Å². The minimum Gasteiger partial charge on any atom is -0.398 e. The Hall–Kier alpha value is -1.28. The summed E-state index contributed by atoms with van der Waals surface area (Å²) in [5, 5.41) is 0. The van der Waals surface area contributed by atoms with Crippen molar-refractivity contribution in [3.8, 4) is 0 Å². The molecule has 0 saturated carbocycles. The van der Waals surface area contributed by atoms with Gasteiger partial charge in [0.1, 0.15) is 0 Å². The van der Waals surface area contributed by atoms with Gasteiger partial charge in [0.05, 0.1) is 0 Å². The van der Waals surface area contributed by atoms with Crippen LogP contribution in [-0.4, -0.2) is 0 Å². The van der Waals surface area contributed by atoms with E-state index >= 15 is 0 Å². The molecule has 0 bridgehead atoms. The van der Waals surface area contributed by atoms with Crippen molar-refractivity contribution in [2.45, 2.75) is 19.9 Å². The maximum atomic E-state index is 5.93. The van der Waals surface area contributed by atoms with Crippen molar-refractivity contribution in [3.05, 3.63) is 41.5 Å². The second kappa shape index (κ2) is 3.62. The zero-order valence-electron chi connectivity index (χ0n) is 8.17. The van der Waals surface area contributed by atoms with Crippen LogP contribution in [0.4, 0.5) is 5.69 Å². The Kier molecular flexibility index (Phi) is 2.73. The fraction of sp³-hybridized carbons (Fsp3) is 0.273. The summed E-state index contributed by atoms with van der Waals surface area (Å²) in [6.07, 6.45) is 1.69. The third-order valence-electron chi connectivity index (χ3n) is 2.43. The van der Waals surface area contributed by atoms with Crippen LogP contribution in [0.1, 0.15) is 22.7 Å². The maximum Gasteiger partial charge on any atom is 0.0499 e. The molecule has 2 heteroatoms. The SMILES string of the molecule is C=CC(N)c1ccc(C)c(C)c1N. The van der Waals surface area contributed by atoms with Gasteiger partial charge in [-0.2, -0.15) is 0 Å². The van der Waals surface area contributed by atoms with Crippen molar-refractivity contribution in [2.75, 3.05) is 5.73 Å². The van der Waals surface area contributed by atoms with E-state index in [0.29, 0.717) is 0 Å². The molecule has 0 amide bonds. The molecule has 0 spiro atoms. The molecule has 1 aromatic rings. The van der Waals surface area contributed by atoms with Crippen LogP contribution in [0.2, 0.25) is 0 Å². The molecule has 4 N–H and O–H groups in total. The zero-order valence-corrected chi connectivity index (χ0v) is 8.17. The lowest BCUT2D eigenvalue weighted by atomic mass is 9.99. The third kappa shape index (κ3) is 1.73. The van der Waals surface area contributed by atoms with Gasteiger partial charge in [0, 0.05) is 11.7 Å². The summed E-state index contributed by atoms with van der Waals surface area (Å²) >= 11 is 0. The highest BCUT2D eigenvalue weighted by atomic mass is 14.7. The number of benzene rings is 1. The van der Waals surface area contributed by atoms with Gasteiger partial charge in [-0.15, -0.1) is 6.58 Å². The summed E-state index contributed by atoms with van der Waals surface area (Å²) in [7, 11) is 0. The van der Waals surface area contributed by atoms with E-state index in [1.54, 1.807) is 6.08 Å². The average molecular weight is 176 g/mol. The predicted molar refractivity (Wildman–Crippen MR) is 57.5 cm³/mol. The molecule has 2 nitrogen and oxygen atoms in total. The van der Waals surface area contributed by atoms with Gasteiger partial charge in [-0.05, 0) is 30.5 Å². The van der Waals surface area contributed by atoms with Gasteiger partial charge in [0.25, 0.3) is 0 Å². The van der Waals surface area contributed by atoms with E-state index in [4.69, 9.17) is 11.5 Å². The number of aryl methyl sites for hydroxylation is 1. The van der Waals surface area contributed by atoms with Crippen molar-refractivity contribution in [1.82, 2.24) is 0 Å². The van der Waals surface area contributed by atoms with Crippen molar-refractivity contribution < 1.29 is 0 Å². The molecule has 0 heterocycles. The molecular formula is C11H16N2. The van der Waals surface area contributed by atoms with Crippen LogP contribution in [0.25, 0.3) is 0 Å². The van der Waals surface area contributed by atoms with Gasteiger partial charge in [0.15, 0.2) is 0 Å². The topological polar surface area (TPSA) is 52.0 Å². The normalized spacial score (nSPS) is 12.5. The number of anilines is 1. The minimum absolute atomic E-state index is 0.167. The number of nitrogen functional groups attached to an aromatic ring is 1. The number of rotatable bonds is 2. The molecule has 0 aliphatic heterocycles. The zero-order chi connectivity index (χ0) is 10.0. The minimum atomic E-state index is -0.167. The molecule has 1 atom stereocenters. The summed E-state index contributed by atoms with van der Waals surface area (Å²) in [5.41, 5.74) is 15.8. The van der Waals surface area contributed by atoms with E-state index in [0.717, 1.165) is 16.8 Å². The number of hydrogen-bond donors (Lipinski definition) is 2. The molecule has 1 unspecified atom stereocenters. The predicted octanol–water partition coefficient (Wildman–Crippen LogP) is 2.07. The first-order valence-electron chi connectivity index (χ1n) is 4.31. The lowest BCUT2D eigenvalue weighted by Gasteiger charge is -2.13. The lowest BCUT2D eigenvalue weighted by Crippen LogP contribution is -2.10. The van der Waals surface area contributed by atoms with Crippen LogP contribution in [0.3, 0.4) is 0 Å². The Morgan fingerprint density at radius 1 is 1.38 bits per heavy atom. The molecule has 1 rings (SSSR count). The Labute approximate surface area is 79.2 Å². The smallest absolute Gasteiger partial charge is 0.0499 e. The summed E-state index contributed by atoms with van der Waals surface area (Å²) in [4.78, 5) is 0. The Morgan fingerprint density at radius 2 is 2.00 bits per heavy atom. The van der Waals surface area contributed by atoms with Crippen molar-refractivity contribution in [2.24, 2.45) is 5.73 Å². The van der Waals surface area contributed by atoms with Gasteiger partial charge in [0.2, 0.25) is 0 Å². The van der Waals surface area contributed by atoms with Crippen molar-refractivity contribution >= 4 is 5.69 Å². The number of nitrogens with two attached hydrogens (primary N) is 2. The average Bonchev–Trinajstić information content (AvgIpc) is 2.13. The fourth-order valence-electron chi connectivity index (χ4n) is 1.28. The van der Waals surface area contributed by atoms with Crippen LogP contribution >= 0.6 is 0 Å². The van der Waals surface area contributed by atoms with Crippen LogP contribution < -0.4 is 11.5 Å². The first-order chi connectivity index (χ1) is 6.07. The summed E-state index contributed by atoms with van der Waals surface area (Å²) in [6, 6.07) is 3.83. The summed E-state index contributed by atoms with van der Waals surface area (Å²) in [5.74, 6) is 0. The molecule has 1 aromatic carbocycles. The molecule has 0 aromatic heterocycles. The van der Waals surface area contributed by atoms with E-state index in [-0.39, 0.29) is 6.04 Å². The van der Waals surface area contributed by atoms with E-state index in [1.807, 2.05) is 26.0 Å². The first kappa shape index (κ1) is 9.81. The fourth-order valence-corrected chi connectivity index (χ4v) is 1.28. The van der Waals surface area contributed by atoms with Gasteiger partial charge >= 0.3 is 0 Å². The standard InChI is InChI=1S/C11H16N2/c1-4-10(12)9-6-5-7(2)8(3)11(9)13/h4-6,10H,1,12-13H2,2-3H3. The summed E-state index contributed by atoms with van der Waals surface area (Å²) in [6.45, 7) is 7.69. The molecule has 70 valence electrons. The Balaban J connectivity index is 3.25. The largest absolute Gasteiger partial charge is 0.398 e. The van der Waals surface area contributed by atoms with E-state index < -0.39 is 0 Å². The van der Waals surface area contributed by atoms with Crippen LogP contribution in [0, 0.1) is 13.8 Å². The monoisotopic (exact) mass is 176 g/mol. The molecule has 0 aliphatic carbocycles. The Bertz CT molecular complexity index is 329. The second-order valence-electron chi connectivity index (χ2n) is 3.27. The third-order valence-corrected chi connectivity index (χ3v) is 2.43. The highest BCUT2D eigenvalue weighted by Crippen LogP contribution is 2.24. The molecule has 0 saturated heterocycles. The van der Waals surface area contributed by atoms with Gasteiger partial charge in [-0.3, -0.25) is 0 Å². The van der Waals surface area contributed by atoms with Gasteiger partial charge < -0.3 is 11.5 Å². The quantitative estimate of drug-likeness (QED) is 0.535. The maximum absolute atomic E-state index is 5.93. The van der Waals surface area contributed by atoms with E-state index in [2.05, 4.69) is 6.58 Å². The van der Waals surface area contributed by atoms with Crippen molar-refractivity contribution in [1.29, 1.82) is 0 Å². The summed E-state index contributed by atoms with van der Waals surface area (Å²) < 4.78 is 0. The molecular weight excluding hydrogens is 160 g/mol. The lowest BCUT2D eigenvalue weighted by molar-refractivity contribution is 0.915. The van der Waals surface area contributed by atoms with E-state index in [1.165, 1.54) is 5.56 Å². The second-order valence-corrected chi connectivity index (χ2v) is 3.27. The Morgan fingerprint density at radius 3 is 2.54 bits per heavy atom. The van der Waals surface area contributed by atoms with Crippen molar-refractivity contribution in [3.63, 3.8) is 0 Å². The molecule has 0 radical (unpaired) electrons. The first-order valence-corrected chi connectivity index (χ1v) is 4.31. The highest BCUT2D eigenvalue weighted by molar-refractivity contribution is 5.58. The number of hydrogen-bond acceptors (Lipinski definition) is 2. The molecule has 0 aliphatic rings. The molecule has 13 heavy (non-hydrogen) atoms. The van der Waals surface area contributed by atoms with Gasteiger partial charge in [-0.25, -0.2) is 0 Å². The van der Waals surface area contributed by atoms with Crippen LogP contribution in [0.5, 0.6) is 0 Å². The highest BCUT2D eigenvalue weighted by Gasteiger charge is 2.08. The van der Waals surface area contributed by atoms with Crippen LogP contribution in [-0.2, 0) is 0 Å². The van der Waals surface area contributed by atoms with Gasteiger partial charge in [-0.1, -0.05) is 18.2 Å². The van der Waals surface area contributed by atoms with Crippen LogP contribution in [0.15, 0.2) is 24.8 Å².